The topological polar surface area (TPSA) is 94.9 Å². The van der Waals surface area contributed by atoms with E-state index in [0.29, 0.717) is 65.1 Å². The quantitative estimate of drug-likeness (QED) is 0.475. The molecule has 39 heavy (non-hydrogen) atoms. The predicted molar refractivity (Wildman–Crippen MR) is 139 cm³/mol. The first-order chi connectivity index (χ1) is 18.6. The molecule has 3 aliphatic heterocycles. The molecule has 0 spiro atoms. The molecule has 0 saturated carbocycles. The molecule has 1 amide bonds. The first kappa shape index (κ1) is 27.9. The first-order valence-corrected chi connectivity index (χ1v) is 13.5. The number of nitrogens with zero attached hydrogens (tertiary/aromatic N) is 3. The lowest BCUT2D eigenvalue weighted by Crippen LogP contribution is -2.56. The van der Waals surface area contributed by atoms with E-state index in [2.05, 4.69) is 20.1 Å². The van der Waals surface area contributed by atoms with Gasteiger partial charge in [0, 0.05) is 54.9 Å². The molecular formula is C27H33ClF2N4O5. The van der Waals surface area contributed by atoms with Gasteiger partial charge in [0.1, 0.15) is 17.4 Å². The monoisotopic (exact) mass is 566 g/mol. The van der Waals surface area contributed by atoms with E-state index in [0.717, 1.165) is 17.5 Å². The van der Waals surface area contributed by atoms with Gasteiger partial charge in [-0.05, 0) is 51.7 Å². The number of ether oxygens (including phenoxy) is 3. The van der Waals surface area contributed by atoms with Crippen LogP contribution in [0, 0.1) is 5.41 Å². The maximum absolute atomic E-state index is 14.2. The molecule has 0 aliphatic carbocycles. The molecule has 0 radical (unpaired) electrons. The van der Waals surface area contributed by atoms with Crippen LogP contribution in [0.1, 0.15) is 50.8 Å². The average molecular weight is 567 g/mol. The molecule has 0 unspecified atom stereocenters. The van der Waals surface area contributed by atoms with Crippen LogP contribution < -0.4 is 10.1 Å². The Kier molecular flexibility index (Phi) is 7.71. The number of anilines is 1. The number of fused-ring (bicyclic) bond motifs is 1. The molecule has 1 aromatic carbocycles. The van der Waals surface area contributed by atoms with E-state index in [9.17, 15) is 18.4 Å². The summed E-state index contributed by atoms with van der Waals surface area (Å²) in [5, 5.41) is 7.69. The number of hydrogen-bond donors (Lipinski definition) is 1. The van der Waals surface area contributed by atoms with Crippen molar-refractivity contribution in [2.75, 3.05) is 38.2 Å². The fourth-order valence-electron chi connectivity index (χ4n) is 5.96. The van der Waals surface area contributed by atoms with Crippen molar-refractivity contribution in [3.63, 3.8) is 0 Å². The van der Waals surface area contributed by atoms with E-state index in [1.165, 1.54) is 18.2 Å². The van der Waals surface area contributed by atoms with Gasteiger partial charge in [-0.25, -0.2) is 0 Å². The van der Waals surface area contributed by atoms with Crippen LogP contribution in [0.25, 0.3) is 0 Å². The Morgan fingerprint density at radius 1 is 1.23 bits per heavy atom. The number of alkyl halides is 2. The Labute approximate surface area is 230 Å². The summed E-state index contributed by atoms with van der Waals surface area (Å²) in [6, 6.07) is 4.19. The fraction of sp³-hybridized carbons (Fsp3) is 0.593. The van der Waals surface area contributed by atoms with E-state index < -0.39 is 29.1 Å². The Hall–Kier alpha value is -2.60. The molecule has 2 saturated heterocycles. The fourth-order valence-corrected chi connectivity index (χ4v) is 6.13. The van der Waals surface area contributed by atoms with Crippen LogP contribution >= 0.6 is 11.6 Å². The van der Waals surface area contributed by atoms with Crippen molar-refractivity contribution in [1.29, 1.82) is 0 Å². The number of likely N-dealkylation sites (tertiary alicyclic amines) is 1. The molecule has 5 rings (SSSR count). The van der Waals surface area contributed by atoms with Crippen molar-refractivity contribution < 1.29 is 32.6 Å². The van der Waals surface area contributed by atoms with Gasteiger partial charge in [0.2, 0.25) is 0 Å². The van der Waals surface area contributed by atoms with E-state index in [4.69, 9.17) is 21.1 Å². The van der Waals surface area contributed by atoms with Gasteiger partial charge in [-0.1, -0.05) is 11.6 Å². The lowest BCUT2D eigenvalue weighted by molar-refractivity contribution is -0.130. The van der Waals surface area contributed by atoms with Gasteiger partial charge in [-0.2, -0.15) is 13.9 Å². The molecule has 1 aromatic heterocycles. The van der Waals surface area contributed by atoms with E-state index >= 15 is 0 Å². The number of aromatic nitrogens is 2. The van der Waals surface area contributed by atoms with Gasteiger partial charge in [0.15, 0.2) is 5.75 Å². The molecule has 212 valence electrons. The maximum atomic E-state index is 14.2. The molecule has 0 bridgehead atoms. The number of nitrogens with one attached hydrogen (secondary N) is 1. The van der Waals surface area contributed by atoms with E-state index in [-0.39, 0.29) is 16.5 Å². The Bertz CT molecular complexity index is 1220. The summed E-state index contributed by atoms with van der Waals surface area (Å²) >= 11 is 6.00. The first-order valence-electron chi connectivity index (χ1n) is 13.1. The van der Waals surface area contributed by atoms with Crippen molar-refractivity contribution in [3.05, 3.63) is 40.7 Å². The highest BCUT2D eigenvalue weighted by Gasteiger charge is 2.50. The molecule has 3 aliphatic rings. The average Bonchev–Trinajstić information content (AvgIpc) is 3.47. The van der Waals surface area contributed by atoms with Gasteiger partial charge in [-0.15, -0.1) is 0 Å². The Balaban J connectivity index is 1.45. The van der Waals surface area contributed by atoms with Gasteiger partial charge in [-0.3, -0.25) is 9.48 Å². The summed E-state index contributed by atoms with van der Waals surface area (Å²) in [4.78, 5) is 28.4. The SMILES string of the molecule is CC1(C)OCc2cnn(C3(C(=O)Nc4ccc(Cl)cc4OC(F)F)CCN(CC4(C=O)CCOCC4)CC3)c21. The highest BCUT2D eigenvalue weighted by Crippen LogP contribution is 2.43. The third-order valence-electron chi connectivity index (χ3n) is 8.20. The van der Waals surface area contributed by atoms with Crippen molar-refractivity contribution in [2.45, 2.75) is 63.9 Å². The summed E-state index contributed by atoms with van der Waals surface area (Å²) in [5.41, 5.74) is -0.433. The highest BCUT2D eigenvalue weighted by molar-refractivity contribution is 6.30. The lowest BCUT2D eigenvalue weighted by Gasteiger charge is -2.45. The Morgan fingerprint density at radius 2 is 1.95 bits per heavy atom. The molecular weight excluding hydrogens is 534 g/mol. The summed E-state index contributed by atoms with van der Waals surface area (Å²) in [5.74, 6) is -0.617. The lowest BCUT2D eigenvalue weighted by atomic mass is 9.79. The second-order valence-corrected chi connectivity index (χ2v) is 11.5. The predicted octanol–water partition coefficient (Wildman–Crippen LogP) is 4.33. The van der Waals surface area contributed by atoms with Crippen LogP contribution in [0.4, 0.5) is 14.5 Å². The van der Waals surface area contributed by atoms with Gasteiger partial charge >= 0.3 is 6.61 Å². The molecule has 0 atom stereocenters. The number of halogens is 3. The maximum Gasteiger partial charge on any atom is 0.387 e. The largest absolute Gasteiger partial charge is 0.433 e. The normalized spacial score (nSPS) is 21.9. The number of aldehydes is 1. The molecule has 2 aromatic rings. The van der Waals surface area contributed by atoms with Gasteiger partial charge in [0.25, 0.3) is 5.91 Å². The smallest absolute Gasteiger partial charge is 0.387 e. The van der Waals surface area contributed by atoms with E-state index in [1.54, 1.807) is 10.9 Å². The second-order valence-electron chi connectivity index (χ2n) is 11.1. The number of hydrogen-bond acceptors (Lipinski definition) is 7. The summed E-state index contributed by atoms with van der Waals surface area (Å²) in [7, 11) is 0. The van der Waals surface area contributed by atoms with Crippen molar-refractivity contribution in [3.8, 4) is 5.75 Å². The molecule has 1 N–H and O–H groups in total. The summed E-state index contributed by atoms with van der Waals surface area (Å²) in [6.45, 7) is 3.96. The van der Waals surface area contributed by atoms with Crippen LogP contribution in [0.15, 0.2) is 24.4 Å². The zero-order chi connectivity index (χ0) is 27.8. The van der Waals surface area contributed by atoms with Gasteiger partial charge in [0.05, 0.1) is 24.2 Å². The molecule has 9 nitrogen and oxygen atoms in total. The van der Waals surface area contributed by atoms with E-state index in [1.807, 2.05) is 13.8 Å². The zero-order valence-corrected chi connectivity index (χ0v) is 22.8. The summed E-state index contributed by atoms with van der Waals surface area (Å²) in [6.07, 6.45) is 4.90. The number of carbonyl (C=O) groups excluding carboxylic acids is 2. The second kappa shape index (κ2) is 10.8. The Morgan fingerprint density at radius 3 is 2.62 bits per heavy atom. The van der Waals surface area contributed by atoms with Crippen molar-refractivity contribution in [2.24, 2.45) is 5.41 Å². The number of carbonyl (C=O) groups is 2. The van der Waals surface area contributed by atoms with Crippen LogP contribution in [-0.2, 0) is 36.8 Å². The summed E-state index contributed by atoms with van der Waals surface area (Å²) < 4.78 is 44.1. The zero-order valence-electron chi connectivity index (χ0n) is 22.1. The third-order valence-corrected chi connectivity index (χ3v) is 8.44. The number of amides is 1. The third kappa shape index (κ3) is 5.41. The van der Waals surface area contributed by atoms with Crippen LogP contribution in [0.3, 0.4) is 0 Å². The van der Waals surface area contributed by atoms with Crippen LogP contribution in [0.2, 0.25) is 5.02 Å². The number of piperidine rings is 1. The number of rotatable bonds is 8. The minimum Gasteiger partial charge on any atom is -0.433 e. The standard InChI is InChI=1S/C27H33ClF2N4O5/c1-25(2)22-18(15-38-25)14-31-34(22)27(23(36)32-20-4-3-19(28)13-21(20)39-24(29)30)5-9-33(10-6-27)16-26(17-35)7-11-37-12-8-26/h3-4,13-14,17,24H,5-12,15-16H2,1-2H3,(H,32,36). The van der Waals surface area contributed by atoms with Crippen molar-refractivity contribution in [1.82, 2.24) is 14.7 Å². The highest BCUT2D eigenvalue weighted by atomic mass is 35.5. The van der Waals surface area contributed by atoms with Crippen molar-refractivity contribution >= 4 is 29.5 Å². The number of benzene rings is 1. The minimum atomic E-state index is -3.08. The molecule has 12 heteroatoms. The van der Waals surface area contributed by atoms with Gasteiger partial charge < -0.3 is 29.2 Å². The molecule has 2 fully saturated rings. The minimum absolute atomic E-state index is 0.0907. The molecule has 4 heterocycles. The van der Waals surface area contributed by atoms with Crippen LogP contribution in [-0.4, -0.2) is 66.3 Å². The van der Waals surface area contributed by atoms with Crippen LogP contribution in [0.5, 0.6) is 5.75 Å².